The van der Waals surface area contributed by atoms with Crippen LogP contribution in [-0.4, -0.2) is 100 Å². The van der Waals surface area contributed by atoms with Crippen molar-refractivity contribution in [3.8, 4) is 0 Å². The summed E-state index contributed by atoms with van der Waals surface area (Å²) in [6.07, 6.45) is 6.77. The SMILES string of the molecule is CCn1nccc1C(=O)N[C@@](C=O)(CNc1ccc([C@H](C)[C@@H](NC(=O)c2cc(C)on2)C(=O)N2CCN(C)CC2)cc1F)C1CCCCC1. The molecule has 3 aromatic rings. The Hall–Kier alpha value is -4.59. The van der Waals surface area contributed by atoms with Crippen LogP contribution < -0.4 is 16.0 Å². The van der Waals surface area contributed by atoms with Gasteiger partial charge in [-0.05, 0) is 63.4 Å². The first-order valence-corrected chi connectivity index (χ1v) is 17.1. The smallest absolute Gasteiger partial charge is 0.274 e. The van der Waals surface area contributed by atoms with Crippen molar-refractivity contribution in [2.45, 2.75) is 76.9 Å². The van der Waals surface area contributed by atoms with Crippen LogP contribution in [0.4, 0.5) is 10.1 Å². The third-order valence-electron chi connectivity index (χ3n) is 9.96. The minimum Gasteiger partial charge on any atom is -0.380 e. The molecule has 0 unspecified atom stereocenters. The predicted molar refractivity (Wildman–Crippen MR) is 181 cm³/mol. The van der Waals surface area contributed by atoms with Crippen LogP contribution in [0.25, 0.3) is 0 Å². The van der Waals surface area contributed by atoms with E-state index in [4.69, 9.17) is 4.52 Å². The Morgan fingerprint density at radius 3 is 2.45 bits per heavy atom. The van der Waals surface area contributed by atoms with Crippen molar-refractivity contribution in [2.24, 2.45) is 5.92 Å². The molecule has 2 fully saturated rings. The molecule has 0 spiro atoms. The molecule has 2 aromatic heterocycles. The molecule has 1 aromatic carbocycles. The fourth-order valence-electron chi connectivity index (χ4n) is 6.83. The monoisotopic (exact) mass is 678 g/mol. The van der Waals surface area contributed by atoms with Gasteiger partial charge in [0.25, 0.3) is 11.8 Å². The predicted octanol–water partition coefficient (Wildman–Crippen LogP) is 3.37. The van der Waals surface area contributed by atoms with Gasteiger partial charge in [0, 0.05) is 57.4 Å². The Kier molecular flexibility index (Phi) is 11.5. The molecule has 3 N–H and O–H groups in total. The lowest BCUT2D eigenvalue weighted by molar-refractivity contribution is -0.135. The van der Waals surface area contributed by atoms with Gasteiger partial charge in [-0.25, -0.2) is 4.39 Å². The van der Waals surface area contributed by atoms with Gasteiger partial charge in [0.15, 0.2) is 5.69 Å². The maximum atomic E-state index is 15.8. The molecular weight excluding hydrogens is 631 g/mol. The van der Waals surface area contributed by atoms with E-state index in [1.54, 1.807) is 47.8 Å². The van der Waals surface area contributed by atoms with Crippen LogP contribution in [-0.2, 0) is 16.1 Å². The lowest BCUT2D eigenvalue weighted by Crippen LogP contribution is -2.60. The molecule has 13 nitrogen and oxygen atoms in total. The molecule has 3 amide bonds. The van der Waals surface area contributed by atoms with E-state index < -0.39 is 35.1 Å². The number of hydrogen-bond acceptors (Lipinski definition) is 9. The van der Waals surface area contributed by atoms with Crippen molar-refractivity contribution in [3.05, 3.63) is 65.1 Å². The molecule has 3 heterocycles. The zero-order valence-electron chi connectivity index (χ0n) is 28.7. The highest BCUT2D eigenvalue weighted by Gasteiger charge is 2.41. The van der Waals surface area contributed by atoms with E-state index in [0.717, 1.165) is 38.4 Å². The number of carbonyl (C=O) groups excluding carboxylic acids is 4. The molecule has 1 aliphatic heterocycles. The summed E-state index contributed by atoms with van der Waals surface area (Å²) in [6, 6.07) is 6.71. The van der Waals surface area contributed by atoms with Crippen molar-refractivity contribution in [1.82, 2.24) is 35.4 Å². The quantitative estimate of drug-likeness (QED) is 0.231. The number of benzene rings is 1. The Balaban J connectivity index is 1.36. The summed E-state index contributed by atoms with van der Waals surface area (Å²) in [7, 11) is 1.99. The fraction of sp³-hybridized carbons (Fsp3) is 0.543. The zero-order valence-corrected chi connectivity index (χ0v) is 28.7. The van der Waals surface area contributed by atoms with Crippen LogP contribution in [0.2, 0.25) is 0 Å². The second-order valence-corrected chi connectivity index (χ2v) is 13.3. The van der Waals surface area contributed by atoms with Gasteiger partial charge >= 0.3 is 0 Å². The molecular formula is C35H47FN8O5. The highest BCUT2D eigenvalue weighted by atomic mass is 19.1. The van der Waals surface area contributed by atoms with E-state index in [0.29, 0.717) is 49.7 Å². The average molecular weight is 679 g/mol. The fourth-order valence-corrected chi connectivity index (χ4v) is 6.83. The largest absolute Gasteiger partial charge is 0.380 e. The normalized spacial score (nSPS) is 18.3. The lowest BCUT2D eigenvalue weighted by Gasteiger charge is -2.39. The number of rotatable bonds is 13. The molecule has 14 heteroatoms. The van der Waals surface area contributed by atoms with Crippen LogP contribution in [0.15, 0.2) is 41.1 Å². The van der Waals surface area contributed by atoms with E-state index in [1.165, 1.54) is 12.1 Å². The number of aldehydes is 1. The van der Waals surface area contributed by atoms with Gasteiger partial charge in [0.05, 0.1) is 5.69 Å². The molecule has 5 rings (SSSR count). The molecule has 1 saturated carbocycles. The highest BCUT2D eigenvalue weighted by molar-refractivity contribution is 5.97. The van der Waals surface area contributed by atoms with Gasteiger partial charge in [0.2, 0.25) is 5.91 Å². The number of nitrogens with zero attached hydrogens (tertiary/aromatic N) is 5. The van der Waals surface area contributed by atoms with E-state index in [1.807, 2.05) is 14.0 Å². The highest BCUT2D eigenvalue weighted by Crippen LogP contribution is 2.33. The minimum absolute atomic E-state index is 0.0172. The number of likely N-dealkylation sites (N-methyl/N-ethyl adjacent to an activating group) is 1. The van der Waals surface area contributed by atoms with Gasteiger partial charge in [-0.3, -0.25) is 19.1 Å². The van der Waals surface area contributed by atoms with E-state index in [2.05, 4.69) is 31.1 Å². The summed E-state index contributed by atoms with van der Waals surface area (Å²) in [4.78, 5) is 57.1. The molecule has 0 bridgehead atoms. The second-order valence-electron chi connectivity index (χ2n) is 13.3. The van der Waals surface area contributed by atoms with Gasteiger partial charge in [-0.1, -0.05) is 37.4 Å². The van der Waals surface area contributed by atoms with Gasteiger partial charge in [-0.2, -0.15) is 5.10 Å². The number of aryl methyl sites for hydroxylation is 2. The topological polar surface area (TPSA) is 155 Å². The summed E-state index contributed by atoms with van der Waals surface area (Å²) < 4.78 is 22.5. The van der Waals surface area contributed by atoms with Crippen LogP contribution >= 0.6 is 0 Å². The molecule has 2 aliphatic rings. The molecule has 264 valence electrons. The van der Waals surface area contributed by atoms with Crippen LogP contribution in [0.5, 0.6) is 0 Å². The van der Waals surface area contributed by atoms with Crippen LogP contribution in [0, 0.1) is 18.7 Å². The third-order valence-corrected chi connectivity index (χ3v) is 9.96. The van der Waals surface area contributed by atoms with Crippen LogP contribution in [0.3, 0.4) is 0 Å². The first-order chi connectivity index (χ1) is 23.5. The average Bonchev–Trinajstić information content (AvgIpc) is 3.79. The van der Waals surface area contributed by atoms with Crippen molar-refractivity contribution in [2.75, 3.05) is 45.1 Å². The Bertz CT molecular complexity index is 1630. The number of piperazine rings is 1. The third kappa shape index (κ3) is 8.18. The number of amides is 3. The molecule has 49 heavy (non-hydrogen) atoms. The van der Waals surface area contributed by atoms with Crippen molar-refractivity contribution < 1.29 is 28.1 Å². The summed E-state index contributed by atoms with van der Waals surface area (Å²) in [5.74, 6) is -2.11. The number of anilines is 1. The van der Waals surface area contributed by atoms with Gasteiger partial charge in [-0.15, -0.1) is 0 Å². The van der Waals surface area contributed by atoms with Crippen LogP contribution in [0.1, 0.15) is 84.2 Å². The van der Waals surface area contributed by atoms with Crippen molar-refractivity contribution in [1.29, 1.82) is 0 Å². The van der Waals surface area contributed by atoms with E-state index in [-0.39, 0.29) is 29.8 Å². The maximum Gasteiger partial charge on any atom is 0.274 e. The summed E-state index contributed by atoms with van der Waals surface area (Å²) in [6.45, 7) is 8.20. The summed E-state index contributed by atoms with van der Waals surface area (Å²) >= 11 is 0. The first-order valence-electron chi connectivity index (χ1n) is 17.1. The zero-order chi connectivity index (χ0) is 35.1. The summed E-state index contributed by atoms with van der Waals surface area (Å²) in [5, 5.41) is 16.9. The van der Waals surface area contributed by atoms with Gasteiger partial charge in [0.1, 0.15) is 35.1 Å². The van der Waals surface area contributed by atoms with Crippen molar-refractivity contribution >= 4 is 29.7 Å². The first kappa shape index (κ1) is 35.7. The lowest BCUT2D eigenvalue weighted by atomic mass is 9.75. The van der Waals surface area contributed by atoms with E-state index >= 15 is 4.39 Å². The van der Waals surface area contributed by atoms with Gasteiger partial charge < -0.3 is 35.1 Å². The number of halogens is 1. The molecule has 0 radical (unpaired) electrons. The molecule has 3 atom stereocenters. The second kappa shape index (κ2) is 15.7. The minimum atomic E-state index is -1.28. The Morgan fingerprint density at radius 2 is 1.82 bits per heavy atom. The number of nitrogens with one attached hydrogen (secondary N) is 3. The summed E-state index contributed by atoms with van der Waals surface area (Å²) in [5.41, 5.74) is -0.227. The van der Waals surface area contributed by atoms with E-state index in [9.17, 15) is 19.2 Å². The number of aromatic nitrogens is 3. The molecule has 1 saturated heterocycles. The number of hydrogen-bond donors (Lipinski definition) is 3. The Morgan fingerprint density at radius 1 is 1.08 bits per heavy atom. The maximum absolute atomic E-state index is 15.8. The van der Waals surface area contributed by atoms with Crippen molar-refractivity contribution in [3.63, 3.8) is 0 Å². The Labute approximate surface area is 285 Å². The number of carbonyl (C=O) groups is 4. The molecule has 1 aliphatic carbocycles. The standard InChI is InChI=1S/C35H47FN8O5/c1-5-44-30(13-14-38-44)33(47)40-35(22-45,26-9-7-6-8-10-26)21-37-28-12-11-25(20-27(28)36)24(3)31(34(48)43-17-15-42(4)16-18-43)39-32(46)29-19-23(2)49-41-29/h11-14,19-20,22,24,26,31,37H,5-10,15-18,21H2,1-4H3,(H,39,46)(H,40,47)/t24-,31+,35+/m0/s1.